The average molecular weight is 214 g/mol. The summed E-state index contributed by atoms with van der Waals surface area (Å²) in [5, 5.41) is 9.53. The Hall–Kier alpha value is -0.570. The van der Waals surface area contributed by atoms with Crippen LogP contribution in [0.1, 0.15) is 23.7 Å². The first-order valence-corrected chi connectivity index (χ1v) is 5.34. The van der Waals surface area contributed by atoms with Gasteiger partial charge in [0, 0.05) is 12.4 Å². The summed E-state index contributed by atoms with van der Waals surface area (Å²) < 4.78 is 0. The molecule has 78 valence electrons. The topological polar surface area (TPSA) is 46.2 Å². The molecular formula is C11H16ClNO. The lowest BCUT2D eigenvalue weighted by Gasteiger charge is -2.09. The van der Waals surface area contributed by atoms with E-state index in [9.17, 15) is 5.11 Å². The first-order valence-electron chi connectivity index (χ1n) is 4.81. The minimum Gasteiger partial charge on any atom is -0.387 e. The zero-order chi connectivity index (χ0) is 10.4. The van der Waals surface area contributed by atoms with E-state index in [4.69, 9.17) is 17.3 Å². The third-order valence-electron chi connectivity index (χ3n) is 2.16. The number of aliphatic hydroxyl groups excluding tert-OH is 1. The predicted molar refractivity (Wildman–Crippen MR) is 59.5 cm³/mol. The molecule has 2 nitrogen and oxygen atoms in total. The van der Waals surface area contributed by atoms with E-state index in [0.717, 1.165) is 18.4 Å². The van der Waals surface area contributed by atoms with Crippen LogP contribution >= 0.6 is 11.6 Å². The van der Waals surface area contributed by atoms with Crippen molar-refractivity contribution in [3.05, 3.63) is 35.4 Å². The zero-order valence-corrected chi connectivity index (χ0v) is 8.87. The normalized spacial score (nSPS) is 12.8. The summed E-state index contributed by atoms with van der Waals surface area (Å²) >= 11 is 5.61. The summed E-state index contributed by atoms with van der Waals surface area (Å²) in [5.41, 5.74) is 7.48. The fourth-order valence-corrected chi connectivity index (χ4v) is 1.50. The second-order valence-electron chi connectivity index (χ2n) is 3.29. The van der Waals surface area contributed by atoms with Crippen molar-refractivity contribution in [2.45, 2.75) is 18.9 Å². The third-order valence-corrected chi connectivity index (χ3v) is 2.43. The summed E-state index contributed by atoms with van der Waals surface area (Å²) in [6.45, 7) is 0.263. The molecule has 0 bridgehead atoms. The molecule has 0 fully saturated rings. The van der Waals surface area contributed by atoms with Gasteiger partial charge in [0.15, 0.2) is 0 Å². The molecule has 0 heterocycles. The fourth-order valence-electron chi connectivity index (χ4n) is 1.36. The van der Waals surface area contributed by atoms with Gasteiger partial charge in [0.05, 0.1) is 6.10 Å². The Morgan fingerprint density at radius 1 is 1.43 bits per heavy atom. The molecule has 0 spiro atoms. The fraction of sp³-hybridized carbons (Fsp3) is 0.455. The van der Waals surface area contributed by atoms with Gasteiger partial charge in [-0.3, -0.25) is 0 Å². The molecular weight excluding hydrogens is 198 g/mol. The van der Waals surface area contributed by atoms with Gasteiger partial charge < -0.3 is 10.8 Å². The number of benzene rings is 1. The molecule has 0 aliphatic heterocycles. The van der Waals surface area contributed by atoms with Gasteiger partial charge >= 0.3 is 0 Å². The molecule has 0 unspecified atom stereocenters. The van der Waals surface area contributed by atoms with Crippen LogP contribution in [0.25, 0.3) is 0 Å². The highest BCUT2D eigenvalue weighted by Crippen LogP contribution is 2.14. The van der Waals surface area contributed by atoms with E-state index < -0.39 is 6.10 Å². The monoisotopic (exact) mass is 213 g/mol. The van der Waals surface area contributed by atoms with Crippen molar-refractivity contribution in [1.29, 1.82) is 0 Å². The van der Waals surface area contributed by atoms with Crippen molar-refractivity contribution < 1.29 is 5.11 Å². The first kappa shape index (κ1) is 11.5. The highest BCUT2D eigenvalue weighted by atomic mass is 35.5. The number of halogens is 1. The molecule has 3 N–H and O–H groups in total. The number of rotatable bonds is 5. The Labute approximate surface area is 89.7 Å². The van der Waals surface area contributed by atoms with Crippen molar-refractivity contribution in [2.24, 2.45) is 5.73 Å². The summed E-state index contributed by atoms with van der Waals surface area (Å²) in [5.74, 6) is 0.670. The Kier molecular flexibility index (Phi) is 4.94. The summed E-state index contributed by atoms with van der Waals surface area (Å²) in [7, 11) is 0. The van der Waals surface area contributed by atoms with Crippen LogP contribution in [0.3, 0.4) is 0 Å². The minimum atomic E-state index is -0.550. The molecule has 0 aliphatic rings. The highest BCUT2D eigenvalue weighted by molar-refractivity contribution is 6.17. The van der Waals surface area contributed by atoms with Crippen molar-refractivity contribution in [3.8, 4) is 0 Å². The molecule has 1 aromatic carbocycles. The van der Waals surface area contributed by atoms with Gasteiger partial charge in [-0.15, -0.1) is 11.6 Å². The molecule has 3 heteroatoms. The summed E-state index contributed by atoms with van der Waals surface area (Å²) in [4.78, 5) is 0. The van der Waals surface area contributed by atoms with E-state index in [1.54, 1.807) is 0 Å². The van der Waals surface area contributed by atoms with E-state index in [1.165, 1.54) is 5.56 Å². The molecule has 0 saturated heterocycles. The predicted octanol–water partition coefficient (Wildman–Crippen LogP) is 1.85. The zero-order valence-electron chi connectivity index (χ0n) is 8.12. The molecule has 0 saturated carbocycles. The molecule has 0 aromatic heterocycles. The maximum Gasteiger partial charge on any atom is 0.0912 e. The average Bonchev–Trinajstić information content (AvgIpc) is 2.25. The summed E-state index contributed by atoms with van der Waals surface area (Å²) in [6.07, 6.45) is 1.36. The van der Waals surface area contributed by atoms with Crippen LogP contribution in [0.4, 0.5) is 0 Å². The number of nitrogens with two attached hydrogens (primary N) is 1. The number of hydrogen-bond acceptors (Lipinski definition) is 2. The van der Waals surface area contributed by atoms with Gasteiger partial charge in [-0.2, -0.15) is 0 Å². The van der Waals surface area contributed by atoms with Crippen LogP contribution < -0.4 is 5.73 Å². The van der Waals surface area contributed by atoms with Gasteiger partial charge in [0.1, 0.15) is 0 Å². The molecule has 14 heavy (non-hydrogen) atoms. The van der Waals surface area contributed by atoms with Crippen LogP contribution in [0, 0.1) is 0 Å². The van der Waals surface area contributed by atoms with Gasteiger partial charge in [-0.05, 0) is 24.0 Å². The molecule has 0 aliphatic carbocycles. The van der Waals surface area contributed by atoms with Crippen LogP contribution in [0.2, 0.25) is 0 Å². The number of aryl methyl sites for hydroxylation is 1. The lowest BCUT2D eigenvalue weighted by molar-refractivity contribution is 0.186. The second kappa shape index (κ2) is 6.02. The van der Waals surface area contributed by atoms with Gasteiger partial charge in [-0.25, -0.2) is 0 Å². The van der Waals surface area contributed by atoms with Crippen LogP contribution in [0.15, 0.2) is 24.3 Å². The van der Waals surface area contributed by atoms with Gasteiger partial charge in [-0.1, -0.05) is 24.3 Å². The molecule has 0 amide bonds. The summed E-state index contributed by atoms with van der Waals surface area (Å²) in [6, 6.07) is 7.86. The van der Waals surface area contributed by atoms with Gasteiger partial charge in [0.2, 0.25) is 0 Å². The minimum absolute atomic E-state index is 0.263. The van der Waals surface area contributed by atoms with Gasteiger partial charge in [0.25, 0.3) is 0 Å². The molecule has 1 atom stereocenters. The lowest BCUT2D eigenvalue weighted by Crippen LogP contribution is -2.11. The first-order chi connectivity index (χ1) is 6.77. The quantitative estimate of drug-likeness (QED) is 0.734. The SMILES string of the molecule is NC[C@H](O)c1cccc(CCCCl)c1. The standard InChI is InChI=1S/C11H16ClNO/c12-6-2-4-9-3-1-5-10(7-9)11(14)8-13/h1,3,5,7,11,14H,2,4,6,8,13H2/t11-/m0/s1. The van der Waals surface area contributed by atoms with Crippen molar-refractivity contribution >= 4 is 11.6 Å². The number of hydrogen-bond donors (Lipinski definition) is 2. The number of aliphatic hydroxyl groups is 1. The second-order valence-corrected chi connectivity index (χ2v) is 3.67. The van der Waals surface area contributed by atoms with E-state index in [2.05, 4.69) is 0 Å². The molecule has 1 aromatic rings. The third kappa shape index (κ3) is 3.29. The van der Waals surface area contributed by atoms with Crippen LogP contribution in [0.5, 0.6) is 0 Å². The van der Waals surface area contributed by atoms with Crippen molar-refractivity contribution in [3.63, 3.8) is 0 Å². The van der Waals surface area contributed by atoms with E-state index >= 15 is 0 Å². The number of alkyl halides is 1. The van der Waals surface area contributed by atoms with E-state index in [0.29, 0.717) is 5.88 Å². The van der Waals surface area contributed by atoms with Crippen LogP contribution in [-0.4, -0.2) is 17.5 Å². The molecule has 1 rings (SSSR count). The highest BCUT2D eigenvalue weighted by Gasteiger charge is 2.04. The maximum absolute atomic E-state index is 9.53. The Bertz CT molecular complexity index is 278. The smallest absolute Gasteiger partial charge is 0.0912 e. The Morgan fingerprint density at radius 2 is 2.21 bits per heavy atom. The van der Waals surface area contributed by atoms with E-state index in [1.807, 2.05) is 24.3 Å². The Balaban J connectivity index is 2.68. The largest absolute Gasteiger partial charge is 0.387 e. The Morgan fingerprint density at radius 3 is 2.86 bits per heavy atom. The van der Waals surface area contributed by atoms with Crippen LogP contribution in [-0.2, 0) is 6.42 Å². The van der Waals surface area contributed by atoms with Crippen molar-refractivity contribution in [2.75, 3.05) is 12.4 Å². The molecule has 0 radical (unpaired) electrons. The lowest BCUT2D eigenvalue weighted by atomic mass is 10.0. The maximum atomic E-state index is 9.53. The van der Waals surface area contributed by atoms with Crippen molar-refractivity contribution in [1.82, 2.24) is 0 Å². The van der Waals surface area contributed by atoms with E-state index in [-0.39, 0.29) is 6.54 Å².